The summed E-state index contributed by atoms with van der Waals surface area (Å²) in [6.45, 7) is 2.05. The van der Waals surface area contributed by atoms with Gasteiger partial charge in [0.25, 0.3) is 0 Å². The first-order valence-corrected chi connectivity index (χ1v) is 8.72. The van der Waals surface area contributed by atoms with Crippen LogP contribution >= 0.6 is 0 Å². The molecular formula is C17H32N4. The van der Waals surface area contributed by atoms with Crippen LogP contribution in [-0.4, -0.2) is 42.9 Å². The fourth-order valence-corrected chi connectivity index (χ4v) is 3.16. The standard InChI is InChI=1S/C17H32N4/c1-14(21(2)3)18-17(19-15-10-6-4-7-11-15)20-16-12-8-5-9-13-16/h15-16H,4-13H2,1-3H3,(H,19,20). The number of hydrogen-bond acceptors (Lipinski definition) is 1. The molecule has 0 aliphatic heterocycles. The third kappa shape index (κ3) is 5.68. The highest BCUT2D eigenvalue weighted by molar-refractivity contribution is 5.94. The van der Waals surface area contributed by atoms with Gasteiger partial charge in [-0.1, -0.05) is 38.5 Å². The Hall–Kier alpha value is -1.06. The molecule has 0 aromatic rings. The lowest BCUT2D eigenvalue weighted by Crippen LogP contribution is -2.37. The Bertz CT molecular complexity index is 361. The zero-order valence-corrected chi connectivity index (χ0v) is 14.1. The molecule has 0 spiro atoms. The summed E-state index contributed by atoms with van der Waals surface area (Å²) in [7, 11) is 4.08. The predicted octanol–water partition coefficient (Wildman–Crippen LogP) is 3.58. The minimum Gasteiger partial charge on any atom is -0.366 e. The summed E-state index contributed by atoms with van der Waals surface area (Å²) in [5, 5.41) is 3.62. The Balaban J connectivity index is 2.04. The van der Waals surface area contributed by atoms with E-state index < -0.39 is 0 Å². The number of nitrogens with zero attached hydrogens (tertiary/aromatic N) is 3. The van der Waals surface area contributed by atoms with E-state index in [1.807, 2.05) is 14.1 Å². The number of nitrogens with one attached hydrogen (secondary N) is 1. The van der Waals surface area contributed by atoms with Gasteiger partial charge in [-0.25, -0.2) is 9.98 Å². The molecule has 0 saturated heterocycles. The molecular weight excluding hydrogens is 260 g/mol. The molecule has 2 aliphatic rings. The van der Waals surface area contributed by atoms with E-state index in [2.05, 4.69) is 17.1 Å². The first-order chi connectivity index (χ1) is 10.1. The average Bonchev–Trinajstić information content (AvgIpc) is 2.49. The average molecular weight is 292 g/mol. The lowest BCUT2D eigenvalue weighted by atomic mass is 9.95. The van der Waals surface area contributed by atoms with E-state index in [4.69, 9.17) is 9.98 Å². The number of aliphatic imine (C=N–C) groups is 2. The Labute approximate surface area is 130 Å². The maximum atomic E-state index is 4.94. The van der Waals surface area contributed by atoms with Gasteiger partial charge in [0.1, 0.15) is 5.84 Å². The van der Waals surface area contributed by atoms with Crippen LogP contribution < -0.4 is 5.32 Å². The number of hydrogen-bond donors (Lipinski definition) is 1. The zero-order valence-electron chi connectivity index (χ0n) is 14.1. The largest absolute Gasteiger partial charge is 0.366 e. The summed E-state index contributed by atoms with van der Waals surface area (Å²) in [4.78, 5) is 11.7. The summed E-state index contributed by atoms with van der Waals surface area (Å²) in [6, 6.07) is 1.04. The van der Waals surface area contributed by atoms with Crippen molar-refractivity contribution in [3.8, 4) is 0 Å². The number of guanidine groups is 1. The Morgan fingerprint density at radius 2 is 1.48 bits per heavy atom. The maximum Gasteiger partial charge on any atom is 0.220 e. The fourth-order valence-electron chi connectivity index (χ4n) is 3.16. The van der Waals surface area contributed by atoms with E-state index >= 15 is 0 Å². The van der Waals surface area contributed by atoms with Crippen molar-refractivity contribution in [1.29, 1.82) is 0 Å². The van der Waals surface area contributed by atoms with Gasteiger partial charge >= 0.3 is 0 Å². The quantitative estimate of drug-likeness (QED) is 0.624. The minimum absolute atomic E-state index is 0.476. The lowest BCUT2D eigenvalue weighted by Gasteiger charge is -2.25. The molecule has 120 valence electrons. The van der Waals surface area contributed by atoms with Crippen LogP contribution in [-0.2, 0) is 0 Å². The minimum atomic E-state index is 0.476. The molecule has 0 heterocycles. The summed E-state index contributed by atoms with van der Waals surface area (Å²) < 4.78 is 0. The molecule has 0 atom stereocenters. The summed E-state index contributed by atoms with van der Waals surface area (Å²) in [6.07, 6.45) is 13.1. The van der Waals surface area contributed by atoms with Gasteiger partial charge < -0.3 is 10.2 Å². The van der Waals surface area contributed by atoms with Crippen LogP contribution in [0.4, 0.5) is 0 Å². The lowest BCUT2D eigenvalue weighted by molar-refractivity contribution is 0.407. The van der Waals surface area contributed by atoms with Crippen molar-refractivity contribution in [1.82, 2.24) is 10.2 Å². The fraction of sp³-hybridized carbons (Fsp3) is 0.882. The predicted molar refractivity (Wildman–Crippen MR) is 91.1 cm³/mol. The van der Waals surface area contributed by atoms with Crippen LogP contribution in [0.15, 0.2) is 9.98 Å². The second-order valence-corrected chi connectivity index (χ2v) is 6.78. The van der Waals surface area contributed by atoms with E-state index in [9.17, 15) is 0 Å². The highest BCUT2D eigenvalue weighted by Gasteiger charge is 2.17. The van der Waals surface area contributed by atoms with Gasteiger partial charge in [-0.05, 0) is 32.6 Å². The monoisotopic (exact) mass is 292 g/mol. The molecule has 4 nitrogen and oxygen atoms in total. The topological polar surface area (TPSA) is 40.0 Å². The molecule has 0 amide bonds. The molecule has 21 heavy (non-hydrogen) atoms. The van der Waals surface area contributed by atoms with Crippen LogP contribution in [0.5, 0.6) is 0 Å². The van der Waals surface area contributed by atoms with Gasteiger partial charge in [-0.2, -0.15) is 0 Å². The molecule has 2 aliphatic carbocycles. The van der Waals surface area contributed by atoms with Crippen molar-refractivity contribution in [2.75, 3.05) is 14.1 Å². The third-order valence-corrected chi connectivity index (χ3v) is 4.73. The van der Waals surface area contributed by atoms with Gasteiger partial charge in [0.05, 0.1) is 6.04 Å². The third-order valence-electron chi connectivity index (χ3n) is 4.73. The summed E-state index contributed by atoms with van der Waals surface area (Å²) in [5.74, 6) is 1.90. The highest BCUT2D eigenvalue weighted by Crippen LogP contribution is 2.21. The molecule has 2 saturated carbocycles. The van der Waals surface area contributed by atoms with Gasteiger partial charge in [-0.15, -0.1) is 0 Å². The second-order valence-electron chi connectivity index (χ2n) is 6.78. The molecule has 0 aromatic carbocycles. The molecule has 0 aromatic heterocycles. The molecule has 0 radical (unpaired) electrons. The van der Waals surface area contributed by atoms with Crippen molar-refractivity contribution in [2.24, 2.45) is 9.98 Å². The SMILES string of the molecule is CC(=NC(=NC1CCCCC1)NC1CCCCC1)N(C)C. The zero-order chi connectivity index (χ0) is 15.1. The van der Waals surface area contributed by atoms with Crippen LogP contribution in [0.25, 0.3) is 0 Å². The Kier molecular flexibility index (Phi) is 6.52. The van der Waals surface area contributed by atoms with Crippen molar-refractivity contribution in [3.63, 3.8) is 0 Å². The normalized spacial score (nSPS) is 23.2. The van der Waals surface area contributed by atoms with E-state index in [0.717, 1.165) is 11.8 Å². The van der Waals surface area contributed by atoms with E-state index in [1.165, 1.54) is 64.2 Å². The second kappa shape index (κ2) is 8.40. The number of rotatable bonds is 2. The molecule has 2 rings (SSSR count). The first-order valence-electron chi connectivity index (χ1n) is 8.72. The molecule has 4 heteroatoms. The van der Waals surface area contributed by atoms with E-state index in [-0.39, 0.29) is 0 Å². The smallest absolute Gasteiger partial charge is 0.220 e. The van der Waals surface area contributed by atoms with Crippen LogP contribution in [0.1, 0.15) is 71.1 Å². The number of amidine groups is 1. The first kappa shape index (κ1) is 16.3. The van der Waals surface area contributed by atoms with Crippen LogP contribution in [0.3, 0.4) is 0 Å². The van der Waals surface area contributed by atoms with Crippen molar-refractivity contribution in [3.05, 3.63) is 0 Å². The van der Waals surface area contributed by atoms with Crippen LogP contribution in [0.2, 0.25) is 0 Å². The van der Waals surface area contributed by atoms with Crippen molar-refractivity contribution < 1.29 is 0 Å². The Morgan fingerprint density at radius 1 is 0.905 bits per heavy atom. The van der Waals surface area contributed by atoms with E-state index in [1.54, 1.807) is 0 Å². The molecule has 0 unspecified atom stereocenters. The summed E-state index contributed by atoms with van der Waals surface area (Å²) >= 11 is 0. The molecule has 0 bridgehead atoms. The Morgan fingerprint density at radius 3 is 2.05 bits per heavy atom. The van der Waals surface area contributed by atoms with Gasteiger partial charge in [0.2, 0.25) is 5.96 Å². The van der Waals surface area contributed by atoms with Gasteiger partial charge in [0.15, 0.2) is 0 Å². The van der Waals surface area contributed by atoms with E-state index in [0.29, 0.717) is 12.1 Å². The maximum absolute atomic E-state index is 4.94. The van der Waals surface area contributed by atoms with Gasteiger partial charge in [-0.3, -0.25) is 0 Å². The molecule has 1 N–H and O–H groups in total. The summed E-state index contributed by atoms with van der Waals surface area (Å²) in [5.41, 5.74) is 0. The highest BCUT2D eigenvalue weighted by atomic mass is 15.2. The van der Waals surface area contributed by atoms with Crippen molar-refractivity contribution >= 4 is 11.8 Å². The van der Waals surface area contributed by atoms with Crippen LogP contribution in [0, 0.1) is 0 Å². The molecule has 2 fully saturated rings. The van der Waals surface area contributed by atoms with Gasteiger partial charge in [0, 0.05) is 20.1 Å². The van der Waals surface area contributed by atoms with Crippen molar-refractivity contribution in [2.45, 2.75) is 83.2 Å².